The van der Waals surface area contributed by atoms with E-state index in [4.69, 9.17) is 29.6 Å². The van der Waals surface area contributed by atoms with Crippen LogP contribution in [0.4, 0.5) is 0 Å². The predicted molar refractivity (Wildman–Crippen MR) is 80.9 cm³/mol. The van der Waals surface area contributed by atoms with Crippen molar-refractivity contribution in [2.75, 3.05) is 0 Å². The molecule has 1 aromatic rings. The van der Waals surface area contributed by atoms with Gasteiger partial charge in [-0.05, 0) is 36.5 Å². The molecule has 102 valence electrons. The highest BCUT2D eigenvalue weighted by Gasteiger charge is 2.50. The van der Waals surface area contributed by atoms with E-state index < -0.39 is 5.41 Å². The lowest BCUT2D eigenvalue weighted by Crippen LogP contribution is -2.55. The van der Waals surface area contributed by atoms with Crippen LogP contribution < -0.4 is 11.1 Å². The van der Waals surface area contributed by atoms with Crippen LogP contribution in [0.15, 0.2) is 24.3 Å². The summed E-state index contributed by atoms with van der Waals surface area (Å²) >= 11 is 10.9. The fraction of sp³-hybridized carbons (Fsp3) is 0.429. The largest absolute Gasteiger partial charge is 0.392 e. The second-order valence-electron chi connectivity index (χ2n) is 5.27. The zero-order valence-electron chi connectivity index (χ0n) is 10.8. The summed E-state index contributed by atoms with van der Waals surface area (Å²) in [6, 6.07) is 7.38. The predicted octanol–water partition coefficient (Wildman–Crippen LogP) is 2.66. The zero-order valence-corrected chi connectivity index (χ0v) is 12.4. The monoisotopic (exact) mass is 296 g/mol. The molecule has 0 unspecified atom stereocenters. The first-order valence-corrected chi connectivity index (χ1v) is 7.05. The smallest absolute Gasteiger partial charge is 0.233 e. The molecule has 1 aromatic carbocycles. The van der Waals surface area contributed by atoms with Crippen molar-refractivity contribution in [2.45, 2.75) is 26.3 Å². The molecule has 3 N–H and O–H groups in total. The van der Waals surface area contributed by atoms with Crippen molar-refractivity contribution in [3.05, 3.63) is 34.9 Å². The molecule has 0 spiro atoms. The Morgan fingerprint density at radius 1 is 1.47 bits per heavy atom. The number of carbonyl (C=O) groups is 1. The highest BCUT2D eigenvalue weighted by molar-refractivity contribution is 7.80. The van der Waals surface area contributed by atoms with Gasteiger partial charge in [0.15, 0.2) is 0 Å². The normalized spacial score (nSPS) is 25.5. The van der Waals surface area contributed by atoms with Crippen LogP contribution in [0.2, 0.25) is 5.02 Å². The second kappa shape index (κ2) is 5.47. The van der Waals surface area contributed by atoms with E-state index in [-0.39, 0.29) is 5.91 Å². The summed E-state index contributed by atoms with van der Waals surface area (Å²) in [4.78, 5) is 12.6. The van der Waals surface area contributed by atoms with E-state index >= 15 is 0 Å². The minimum atomic E-state index is -0.638. The molecule has 0 bridgehead atoms. The number of rotatable bonds is 4. The first kappa shape index (κ1) is 14.3. The Balaban J connectivity index is 1.97. The maximum absolute atomic E-state index is 12.3. The molecule has 1 aliphatic rings. The van der Waals surface area contributed by atoms with Crippen molar-refractivity contribution in [2.24, 2.45) is 17.1 Å². The summed E-state index contributed by atoms with van der Waals surface area (Å²) in [5.41, 5.74) is 6.10. The van der Waals surface area contributed by atoms with E-state index in [0.29, 0.717) is 22.5 Å². The van der Waals surface area contributed by atoms with Crippen LogP contribution in [0.5, 0.6) is 0 Å². The van der Waals surface area contributed by atoms with Crippen molar-refractivity contribution < 1.29 is 4.79 Å². The summed E-state index contributed by atoms with van der Waals surface area (Å²) in [5.74, 6) is 0.441. The lowest BCUT2D eigenvalue weighted by Gasteiger charge is -2.44. The Labute approximate surface area is 123 Å². The molecule has 2 rings (SSSR count). The number of amides is 1. The third-order valence-corrected chi connectivity index (χ3v) is 4.31. The average Bonchev–Trinajstić information content (AvgIpc) is 2.33. The fourth-order valence-corrected chi connectivity index (χ4v) is 2.97. The van der Waals surface area contributed by atoms with Gasteiger partial charge in [-0.15, -0.1) is 0 Å². The molecule has 0 radical (unpaired) electrons. The summed E-state index contributed by atoms with van der Waals surface area (Å²) in [7, 11) is 0. The molecule has 1 amide bonds. The number of hydrogen-bond donors (Lipinski definition) is 2. The van der Waals surface area contributed by atoms with Crippen LogP contribution in [0.3, 0.4) is 0 Å². The highest BCUT2D eigenvalue weighted by atomic mass is 35.5. The van der Waals surface area contributed by atoms with Crippen molar-refractivity contribution in [1.29, 1.82) is 0 Å². The molecule has 0 atom stereocenters. The quantitative estimate of drug-likeness (QED) is 0.840. The van der Waals surface area contributed by atoms with Gasteiger partial charge in [-0.2, -0.15) is 0 Å². The Kier molecular flexibility index (Phi) is 4.11. The Bertz CT molecular complexity index is 495. The second-order valence-corrected chi connectivity index (χ2v) is 6.15. The number of nitrogens with two attached hydrogens (primary N) is 1. The van der Waals surface area contributed by atoms with Gasteiger partial charge in [-0.25, -0.2) is 0 Å². The summed E-state index contributed by atoms with van der Waals surface area (Å²) < 4.78 is 0. The Hall–Kier alpha value is -1.13. The first-order valence-electron chi connectivity index (χ1n) is 6.27. The number of halogens is 1. The SMILES string of the molecule is CC1CC(C(=O)NCc2ccc(Cl)cc2)(C(N)=S)C1. The first-order chi connectivity index (χ1) is 8.94. The van der Waals surface area contributed by atoms with Gasteiger partial charge in [0.2, 0.25) is 5.91 Å². The van der Waals surface area contributed by atoms with Gasteiger partial charge in [-0.3, -0.25) is 4.79 Å². The van der Waals surface area contributed by atoms with E-state index in [1.165, 1.54) is 0 Å². The highest BCUT2D eigenvalue weighted by Crippen LogP contribution is 2.45. The van der Waals surface area contributed by atoms with Gasteiger partial charge < -0.3 is 11.1 Å². The van der Waals surface area contributed by atoms with Gasteiger partial charge >= 0.3 is 0 Å². The molecular formula is C14H17ClN2OS. The van der Waals surface area contributed by atoms with Crippen LogP contribution in [0.1, 0.15) is 25.3 Å². The van der Waals surface area contributed by atoms with E-state index in [0.717, 1.165) is 18.4 Å². The molecule has 0 saturated heterocycles. The number of hydrogen-bond acceptors (Lipinski definition) is 2. The van der Waals surface area contributed by atoms with Crippen LogP contribution in [-0.2, 0) is 11.3 Å². The minimum absolute atomic E-state index is 0.0620. The molecule has 0 aliphatic heterocycles. The summed E-state index contributed by atoms with van der Waals surface area (Å²) in [6.07, 6.45) is 1.49. The van der Waals surface area contributed by atoms with Gasteiger partial charge in [0.25, 0.3) is 0 Å². The lowest BCUT2D eigenvalue weighted by atomic mass is 9.62. The zero-order chi connectivity index (χ0) is 14.0. The van der Waals surface area contributed by atoms with E-state index in [1.54, 1.807) is 12.1 Å². The number of nitrogens with one attached hydrogen (secondary N) is 1. The fourth-order valence-electron chi connectivity index (χ4n) is 2.58. The third kappa shape index (κ3) is 2.90. The Morgan fingerprint density at radius 3 is 2.53 bits per heavy atom. The summed E-state index contributed by atoms with van der Waals surface area (Å²) in [5, 5.41) is 3.60. The maximum Gasteiger partial charge on any atom is 0.233 e. The summed E-state index contributed by atoms with van der Waals surface area (Å²) in [6.45, 7) is 2.57. The molecule has 0 aromatic heterocycles. The average molecular weight is 297 g/mol. The third-order valence-electron chi connectivity index (χ3n) is 3.67. The van der Waals surface area contributed by atoms with Crippen molar-refractivity contribution >= 4 is 34.7 Å². The van der Waals surface area contributed by atoms with Crippen molar-refractivity contribution in [1.82, 2.24) is 5.32 Å². The van der Waals surface area contributed by atoms with Crippen LogP contribution in [0, 0.1) is 11.3 Å². The van der Waals surface area contributed by atoms with Crippen LogP contribution in [-0.4, -0.2) is 10.9 Å². The van der Waals surface area contributed by atoms with Gasteiger partial charge in [0, 0.05) is 11.6 Å². The molecule has 1 aliphatic carbocycles. The van der Waals surface area contributed by atoms with E-state index in [1.807, 2.05) is 12.1 Å². The molecule has 0 heterocycles. The van der Waals surface area contributed by atoms with Gasteiger partial charge in [-0.1, -0.05) is 42.9 Å². The minimum Gasteiger partial charge on any atom is -0.392 e. The van der Waals surface area contributed by atoms with Crippen molar-refractivity contribution in [3.8, 4) is 0 Å². The maximum atomic E-state index is 12.3. The number of thiocarbonyl (C=S) groups is 1. The molecule has 19 heavy (non-hydrogen) atoms. The number of carbonyl (C=O) groups excluding carboxylic acids is 1. The van der Waals surface area contributed by atoms with E-state index in [9.17, 15) is 4.79 Å². The van der Waals surface area contributed by atoms with Gasteiger partial charge in [0.1, 0.15) is 0 Å². The lowest BCUT2D eigenvalue weighted by molar-refractivity contribution is -0.133. The van der Waals surface area contributed by atoms with E-state index in [2.05, 4.69) is 12.2 Å². The van der Waals surface area contributed by atoms with Crippen molar-refractivity contribution in [3.63, 3.8) is 0 Å². The van der Waals surface area contributed by atoms with Crippen LogP contribution >= 0.6 is 23.8 Å². The molecule has 5 heteroatoms. The van der Waals surface area contributed by atoms with Crippen LogP contribution in [0.25, 0.3) is 0 Å². The Morgan fingerprint density at radius 2 is 2.05 bits per heavy atom. The molecule has 3 nitrogen and oxygen atoms in total. The van der Waals surface area contributed by atoms with Gasteiger partial charge in [0.05, 0.1) is 10.4 Å². The molecule has 1 fully saturated rings. The molecule has 1 saturated carbocycles. The number of benzene rings is 1. The standard InChI is InChI=1S/C14H17ClN2OS/c1-9-6-14(7-9,12(16)19)13(18)17-8-10-2-4-11(15)5-3-10/h2-5,9H,6-8H2,1H3,(H2,16,19)(H,17,18). The molecular weight excluding hydrogens is 280 g/mol. The topological polar surface area (TPSA) is 55.1 Å².